The molecular weight excluding hydrogens is 186 g/mol. The van der Waals surface area contributed by atoms with E-state index in [9.17, 15) is 0 Å². The fourth-order valence-corrected chi connectivity index (χ4v) is 1.72. The van der Waals surface area contributed by atoms with Gasteiger partial charge in [0.05, 0.1) is 6.10 Å². The SMILES string of the molecule is CCCCCCCCOC(CN)CCC. The smallest absolute Gasteiger partial charge is 0.0697 e. The molecule has 0 amide bonds. The number of unbranched alkanes of at least 4 members (excludes halogenated alkanes) is 5. The summed E-state index contributed by atoms with van der Waals surface area (Å²) in [4.78, 5) is 0. The Labute approximate surface area is 95.6 Å². The number of hydrogen-bond acceptors (Lipinski definition) is 2. The lowest BCUT2D eigenvalue weighted by atomic mass is 10.1. The fraction of sp³-hybridized carbons (Fsp3) is 1.00. The predicted octanol–water partition coefficient (Wildman–Crippen LogP) is 3.49. The van der Waals surface area contributed by atoms with Crippen LogP contribution >= 0.6 is 0 Å². The van der Waals surface area contributed by atoms with Crippen LogP contribution in [0, 0.1) is 0 Å². The molecule has 2 heteroatoms. The van der Waals surface area contributed by atoms with Crippen molar-refractivity contribution >= 4 is 0 Å². The lowest BCUT2D eigenvalue weighted by Gasteiger charge is -2.14. The summed E-state index contributed by atoms with van der Waals surface area (Å²) in [7, 11) is 0. The Morgan fingerprint density at radius 3 is 2.20 bits per heavy atom. The predicted molar refractivity (Wildman–Crippen MR) is 67.1 cm³/mol. The van der Waals surface area contributed by atoms with Crippen molar-refractivity contribution in [2.24, 2.45) is 5.73 Å². The summed E-state index contributed by atoms with van der Waals surface area (Å²) in [5, 5.41) is 0. The highest BCUT2D eigenvalue weighted by Gasteiger charge is 2.04. The Hall–Kier alpha value is -0.0800. The first kappa shape index (κ1) is 14.9. The van der Waals surface area contributed by atoms with Gasteiger partial charge in [-0.25, -0.2) is 0 Å². The van der Waals surface area contributed by atoms with Gasteiger partial charge in [0, 0.05) is 13.2 Å². The van der Waals surface area contributed by atoms with Gasteiger partial charge in [0.1, 0.15) is 0 Å². The molecule has 0 aliphatic carbocycles. The molecule has 15 heavy (non-hydrogen) atoms. The first-order valence-electron chi connectivity index (χ1n) is 6.66. The van der Waals surface area contributed by atoms with Crippen LogP contribution in [0.4, 0.5) is 0 Å². The van der Waals surface area contributed by atoms with Crippen molar-refractivity contribution < 1.29 is 4.74 Å². The molecule has 92 valence electrons. The molecule has 1 unspecified atom stereocenters. The van der Waals surface area contributed by atoms with E-state index in [-0.39, 0.29) is 0 Å². The molecule has 0 aromatic carbocycles. The molecule has 0 saturated carbocycles. The topological polar surface area (TPSA) is 35.2 Å². The molecule has 0 bridgehead atoms. The number of rotatable bonds is 11. The molecule has 0 aliphatic rings. The monoisotopic (exact) mass is 215 g/mol. The van der Waals surface area contributed by atoms with E-state index in [4.69, 9.17) is 10.5 Å². The third-order valence-corrected chi connectivity index (χ3v) is 2.72. The van der Waals surface area contributed by atoms with Gasteiger partial charge in [-0.2, -0.15) is 0 Å². The van der Waals surface area contributed by atoms with Gasteiger partial charge in [0.2, 0.25) is 0 Å². The molecule has 0 radical (unpaired) electrons. The normalized spacial score (nSPS) is 13.0. The van der Waals surface area contributed by atoms with Crippen molar-refractivity contribution in [2.45, 2.75) is 71.3 Å². The first-order valence-corrected chi connectivity index (χ1v) is 6.66. The van der Waals surface area contributed by atoms with Gasteiger partial charge in [-0.05, 0) is 12.8 Å². The molecular formula is C13H29NO. The van der Waals surface area contributed by atoms with E-state index < -0.39 is 0 Å². The molecule has 0 spiro atoms. The van der Waals surface area contributed by atoms with Gasteiger partial charge in [0.15, 0.2) is 0 Å². The average molecular weight is 215 g/mol. The largest absolute Gasteiger partial charge is 0.377 e. The molecule has 0 aromatic rings. The van der Waals surface area contributed by atoms with Crippen molar-refractivity contribution in [3.8, 4) is 0 Å². The molecule has 0 fully saturated rings. The highest BCUT2D eigenvalue weighted by atomic mass is 16.5. The summed E-state index contributed by atoms with van der Waals surface area (Å²) in [5.41, 5.74) is 5.61. The molecule has 0 aromatic heterocycles. The van der Waals surface area contributed by atoms with Crippen LogP contribution in [-0.4, -0.2) is 19.3 Å². The minimum atomic E-state index is 0.297. The van der Waals surface area contributed by atoms with Crippen LogP contribution in [0.25, 0.3) is 0 Å². The minimum Gasteiger partial charge on any atom is -0.377 e. The maximum absolute atomic E-state index is 5.71. The van der Waals surface area contributed by atoms with Gasteiger partial charge < -0.3 is 10.5 Å². The zero-order valence-corrected chi connectivity index (χ0v) is 10.6. The number of ether oxygens (including phenoxy) is 1. The van der Waals surface area contributed by atoms with Crippen molar-refractivity contribution in [2.75, 3.05) is 13.2 Å². The van der Waals surface area contributed by atoms with E-state index in [0.717, 1.165) is 13.0 Å². The molecule has 2 nitrogen and oxygen atoms in total. The van der Waals surface area contributed by atoms with E-state index in [0.29, 0.717) is 12.6 Å². The Balaban J connectivity index is 3.14. The number of hydrogen-bond donors (Lipinski definition) is 1. The van der Waals surface area contributed by atoms with Crippen molar-refractivity contribution in [3.05, 3.63) is 0 Å². The average Bonchev–Trinajstić information content (AvgIpc) is 2.26. The second kappa shape index (κ2) is 12.0. The second-order valence-electron chi connectivity index (χ2n) is 4.28. The second-order valence-corrected chi connectivity index (χ2v) is 4.28. The van der Waals surface area contributed by atoms with Crippen LogP contribution < -0.4 is 5.73 Å². The summed E-state index contributed by atoms with van der Waals surface area (Å²) >= 11 is 0. The lowest BCUT2D eigenvalue weighted by molar-refractivity contribution is 0.0502. The molecule has 0 heterocycles. The van der Waals surface area contributed by atoms with Crippen LogP contribution in [0.5, 0.6) is 0 Å². The summed E-state index contributed by atoms with van der Waals surface area (Å²) in [6.45, 7) is 5.99. The maximum atomic E-state index is 5.71. The minimum absolute atomic E-state index is 0.297. The quantitative estimate of drug-likeness (QED) is 0.535. The van der Waals surface area contributed by atoms with Crippen LogP contribution in [0.3, 0.4) is 0 Å². The zero-order chi connectivity index (χ0) is 11.4. The van der Waals surface area contributed by atoms with Gasteiger partial charge in [-0.1, -0.05) is 52.4 Å². The third-order valence-electron chi connectivity index (χ3n) is 2.72. The maximum Gasteiger partial charge on any atom is 0.0697 e. The Morgan fingerprint density at radius 2 is 1.60 bits per heavy atom. The van der Waals surface area contributed by atoms with Crippen molar-refractivity contribution in [1.82, 2.24) is 0 Å². The Kier molecular flexibility index (Phi) is 11.9. The van der Waals surface area contributed by atoms with E-state index in [1.165, 1.54) is 44.9 Å². The molecule has 0 saturated heterocycles. The summed E-state index contributed by atoms with van der Waals surface area (Å²) in [5.74, 6) is 0. The highest BCUT2D eigenvalue weighted by Crippen LogP contribution is 2.06. The summed E-state index contributed by atoms with van der Waals surface area (Å²) in [6.07, 6.45) is 10.5. The molecule has 2 N–H and O–H groups in total. The van der Waals surface area contributed by atoms with Crippen molar-refractivity contribution in [3.63, 3.8) is 0 Å². The summed E-state index contributed by atoms with van der Waals surface area (Å²) < 4.78 is 5.71. The van der Waals surface area contributed by atoms with E-state index in [1.54, 1.807) is 0 Å². The van der Waals surface area contributed by atoms with Gasteiger partial charge >= 0.3 is 0 Å². The van der Waals surface area contributed by atoms with Crippen LogP contribution in [0.2, 0.25) is 0 Å². The van der Waals surface area contributed by atoms with Gasteiger partial charge in [-0.15, -0.1) is 0 Å². The standard InChI is InChI=1S/C13H29NO/c1-3-5-6-7-8-9-11-15-13(12-14)10-4-2/h13H,3-12,14H2,1-2H3. The Morgan fingerprint density at radius 1 is 0.933 bits per heavy atom. The molecule has 0 rings (SSSR count). The van der Waals surface area contributed by atoms with E-state index >= 15 is 0 Å². The molecule has 0 aliphatic heterocycles. The van der Waals surface area contributed by atoms with Crippen molar-refractivity contribution in [1.29, 1.82) is 0 Å². The van der Waals surface area contributed by atoms with Crippen LogP contribution in [-0.2, 0) is 4.74 Å². The molecule has 1 atom stereocenters. The van der Waals surface area contributed by atoms with Crippen LogP contribution in [0.1, 0.15) is 65.2 Å². The van der Waals surface area contributed by atoms with E-state index in [1.807, 2.05) is 0 Å². The first-order chi connectivity index (χ1) is 7.35. The zero-order valence-electron chi connectivity index (χ0n) is 10.6. The van der Waals surface area contributed by atoms with Gasteiger partial charge in [-0.3, -0.25) is 0 Å². The summed E-state index contributed by atoms with van der Waals surface area (Å²) in [6, 6.07) is 0. The fourth-order valence-electron chi connectivity index (χ4n) is 1.72. The van der Waals surface area contributed by atoms with E-state index in [2.05, 4.69) is 13.8 Å². The highest BCUT2D eigenvalue weighted by molar-refractivity contribution is 4.57. The lowest BCUT2D eigenvalue weighted by Crippen LogP contribution is -2.23. The Bertz CT molecular complexity index is 117. The van der Waals surface area contributed by atoms with Gasteiger partial charge in [0.25, 0.3) is 0 Å². The number of nitrogens with two attached hydrogens (primary N) is 1. The third kappa shape index (κ3) is 10.2. The van der Waals surface area contributed by atoms with Crippen LogP contribution in [0.15, 0.2) is 0 Å².